The molecule has 1 aromatic carbocycles. The molecule has 1 aromatic heterocycles. The van der Waals surface area contributed by atoms with Crippen molar-refractivity contribution in [3.05, 3.63) is 52.3 Å². The van der Waals surface area contributed by atoms with Crippen LogP contribution in [0.3, 0.4) is 0 Å². The third-order valence-corrected chi connectivity index (χ3v) is 3.71. The molecule has 0 saturated carbocycles. The van der Waals surface area contributed by atoms with E-state index >= 15 is 0 Å². The van der Waals surface area contributed by atoms with Crippen LogP contribution >= 0.6 is 0 Å². The SMILES string of the molecule is Cc1ccc(C(=O)O)cc1NCc1cc(C#N)n(C)c1C. The molecule has 1 heterocycles. The first-order valence-electron chi connectivity index (χ1n) is 6.57. The summed E-state index contributed by atoms with van der Waals surface area (Å²) in [5, 5.41) is 21.3. The van der Waals surface area contributed by atoms with Crippen LogP contribution in [-0.2, 0) is 13.6 Å². The number of nitrogens with one attached hydrogen (secondary N) is 1. The van der Waals surface area contributed by atoms with Crippen LogP contribution < -0.4 is 5.32 Å². The van der Waals surface area contributed by atoms with Gasteiger partial charge in [0.05, 0.1) is 5.56 Å². The number of nitrogens with zero attached hydrogens (tertiary/aromatic N) is 2. The van der Waals surface area contributed by atoms with E-state index in [1.807, 2.05) is 31.5 Å². The topological polar surface area (TPSA) is 78.1 Å². The fourth-order valence-corrected chi connectivity index (χ4v) is 2.18. The summed E-state index contributed by atoms with van der Waals surface area (Å²) in [4.78, 5) is 11.0. The second kappa shape index (κ2) is 5.71. The van der Waals surface area contributed by atoms with Gasteiger partial charge in [0.15, 0.2) is 0 Å². The molecule has 2 N–H and O–H groups in total. The molecular formula is C16H17N3O2. The number of aromatic carboxylic acids is 1. The molecule has 0 amide bonds. The van der Waals surface area contributed by atoms with Gasteiger partial charge in [0.2, 0.25) is 0 Å². The summed E-state index contributed by atoms with van der Waals surface area (Å²) >= 11 is 0. The van der Waals surface area contributed by atoms with Gasteiger partial charge in [-0.2, -0.15) is 5.26 Å². The van der Waals surface area contributed by atoms with Gasteiger partial charge in [0.25, 0.3) is 0 Å². The highest BCUT2D eigenvalue weighted by molar-refractivity contribution is 5.89. The normalized spacial score (nSPS) is 10.2. The van der Waals surface area contributed by atoms with Gasteiger partial charge >= 0.3 is 5.97 Å². The third kappa shape index (κ3) is 2.90. The summed E-state index contributed by atoms with van der Waals surface area (Å²) in [6.07, 6.45) is 0. The largest absolute Gasteiger partial charge is 0.478 e. The van der Waals surface area contributed by atoms with Crippen LogP contribution in [0.1, 0.15) is 32.9 Å². The Kier molecular flexibility index (Phi) is 3.99. The van der Waals surface area contributed by atoms with Gasteiger partial charge in [-0.25, -0.2) is 4.79 Å². The Hall–Kier alpha value is -2.74. The minimum absolute atomic E-state index is 0.255. The molecule has 2 rings (SSSR count). The van der Waals surface area contributed by atoms with E-state index in [2.05, 4.69) is 11.4 Å². The average molecular weight is 283 g/mol. The van der Waals surface area contributed by atoms with Gasteiger partial charge in [-0.3, -0.25) is 0 Å². The smallest absolute Gasteiger partial charge is 0.335 e. The predicted octanol–water partition coefficient (Wildman–Crippen LogP) is 2.82. The van der Waals surface area contributed by atoms with Crippen LogP contribution in [0.4, 0.5) is 5.69 Å². The van der Waals surface area contributed by atoms with Crippen molar-refractivity contribution in [3.63, 3.8) is 0 Å². The molecule has 5 heteroatoms. The summed E-state index contributed by atoms with van der Waals surface area (Å²) in [6, 6.07) is 8.99. The number of aryl methyl sites for hydroxylation is 1. The molecule has 0 radical (unpaired) electrons. The first-order valence-corrected chi connectivity index (χ1v) is 6.57. The Balaban J connectivity index is 2.23. The number of benzene rings is 1. The van der Waals surface area contributed by atoms with Crippen molar-refractivity contribution in [2.75, 3.05) is 5.32 Å². The molecule has 0 spiro atoms. The monoisotopic (exact) mass is 283 g/mol. The van der Waals surface area contributed by atoms with E-state index in [1.54, 1.807) is 18.2 Å². The number of hydrogen-bond donors (Lipinski definition) is 2. The molecule has 0 unspecified atom stereocenters. The minimum Gasteiger partial charge on any atom is -0.478 e. The Morgan fingerprint density at radius 3 is 2.67 bits per heavy atom. The molecule has 0 aliphatic heterocycles. The number of nitriles is 1. The number of aromatic nitrogens is 1. The second-order valence-electron chi connectivity index (χ2n) is 5.00. The number of rotatable bonds is 4. The first-order chi connectivity index (χ1) is 9.93. The maximum absolute atomic E-state index is 11.0. The van der Waals surface area contributed by atoms with E-state index in [0.717, 1.165) is 22.5 Å². The average Bonchev–Trinajstić information content (AvgIpc) is 2.73. The van der Waals surface area contributed by atoms with Crippen molar-refractivity contribution < 1.29 is 9.90 Å². The van der Waals surface area contributed by atoms with Crippen molar-refractivity contribution in [2.45, 2.75) is 20.4 Å². The minimum atomic E-state index is -0.944. The summed E-state index contributed by atoms with van der Waals surface area (Å²) < 4.78 is 1.84. The molecule has 0 atom stereocenters. The predicted molar refractivity (Wildman–Crippen MR) is 80.3 cm³/mol. The quantitative estimate of drug-likeness (QED) is 0.904. The van der Waals surface area contributed by atoms with E-state index in [9.17, 15) is 4.79 Å². The maximum Gasteiger partial charge on any atom is 0.335 e. The van der Waals surface area contributed by atoms with Crippen LogP contribution in [0.25, 0.3) is 0 Å². The van der Waals surface area contributed by atoms with Gasteiger partial charge in [-0.1, -0.05) is 6.07 Å². The summed E-state index contributed by atoms with van der Waals surface area (Å²) in [6.45, 7) is 4.43. The number of anilines is 1. The Labute approximate surface area is 123 Å². The van der Waals surface area contributed by atoms with Gasteiger partial charge in [0.1, 0.15) is 11.8 Å². The number of carboxylic acid groups (broad SMARTS) is 1. The van der Waals surface area contributed by atoms with Gasteiger partial charge < -0.3 is 15.0 Å². The molecule has 0 saturated heterocycles. The van der Waals surface area contributed by atoms with Crippen molar-refractivity contribution in [2.24, 2.45) is 7.05 Å². The van der Waals surface area contributed by atoms with Crippen LogP contribution in [0.5, 0.6) is 0 Å². The Morgan fingerprint density at radius 2 is 2.10 bits per heavy atom. The van der Waals surface area contributed by atoms with Crippen molar-refractivity contribution in [3.8, 4) is 6.07 Å². The third-order valence-electron chi connectivity index (χ3n) is 3.71. The van der Waals surface area contributed by atoms with Crippen LogP contribution in [-0.4, -0.2) is 15.6 Å². The van der Waals surface area contributed by atoms with Crippen molar-refractivity contribution in [1.82, 2.24) is 4.57 Å². The van der Waals surface area contributed by atoms with Gasteiger partial charge in [-0.15, -0.1) is 0 Å². The standard InChI is InChI=1S/C16H17N3O2/c1-10-4-5-12(16(20)21)7-15(10)18-9-13-6-14(8-17)19(3)11(13)2/h4-7,18H,9H2,1-3H3,(H,20,21). The number of hydrogen-bond acceptors (Lipinski definition) is 3. The van der Waals surface area contributed by atoms with E-state index in [1.165, 1.54) is 0 Å². The molecule has 5 nitrogen and oxygen atoms in total. The highest BCUT2D eigenvalue weighted by Gasteiger charge is 2.10. The molecule has 0 aliphatic carbocycles. The lowest BCUT2D eigenvalue weighted by Gasteiger charge is -2.10. The van der Waals surface area contributed by atoms with Crippen molar-refractivity contribution >= 4 is 11.7 Å². The first kappa shape index (κ1) is 14.7. The zero-order valence-corrected chi connectivity index (χ0v) is 12.3. The lowest BCUT2D eigenvalue weighted by atomic mass is 10.1. The van der Waals surface area contributed by atoms with Gasteiger partial charge in [0, 0.05) is 25.0 Å². The highest BCUT2D eigenvalue weighted by atomic mass is 16.4. The maximum atomic E-state index is 11.0. The molecule has 108 valence electrons. The number of carboxylic acids is 1. The molecule has 0 fully saturated rings. The second-order valence-corrected chi connectivity index (χ2v) is 5.00. The fourth-order valence-electron chi connectivity index (χ4n) is 2.18. The molecule has 0 bridgehead atoms. The van der Waals surface area contributed by atoms with Crippen molar-refractivity contribution in [1.29, 1.82) is 5.26 Å². The Bertz CT molecular complexity index is 739. The molecular weight excluding hydrogens is 266 g/mol. The van der Waals surface area contributed by atoms with Crippen LogP contribution in [0, 0.1) is 25.2 Å². The molecule has 2 aromatic rings. The summed E-state index contributed by atoms with van der Waals surface area (Å²) in [5.41, 5.74) is 4.68. The van der Waals surface area contributed by atoms with E-state index in [-0.39, 0.29) is 5.56 Å². The molecule has 21 heavy (non-hydrogen) atoms. The summed E-state index contributed by atoms with van der Waals surface area (Å²) in [5.74, 6) is -0.944. The van der Waals surface area contributed by atoms with E-state index < -0.39 is 5.97 Å². The molecule has 0 aliphatic rings. The summed E-state index contributed by atoms with van der Waals surface area (Å²) in [7, 11) is 1.85. The fraction of sp³-hybridized carbons (Fsp3) is 0.250. The number of carbonyl (C=O) groups is 1. The van der Waals surface area contributed by atoms with E-state index in [4.69, 9.17) is 10.4 Å². The highest BCUT2D eigenvalue weighted by Crippen LogP contribution is 2.20. The Morgan fingerprint density at radius 1 is 1.38 bits per heavy atom. The van der Waals surface area contributed by atoms with E-state index in [0.29, 0.717) is 12.2 Å². The lowest BCUT2D eigenvalue weighted by Crippen LogP contribution is -2.04. The van der Waals surface area contributed by atoms with Gasteiger partial charge in [-0.05, 0) is 43.2 Å². The lowest BCUT2D eigenvalue weighted by molar-refractivity contribution is 0.0697. The zero-order chi connectivity index (χ0) is 15.6. The van der Waals surface area contributed by atoms with Crippen LogP contribution in [0.15, 0.2) is 24.3 Å². The zero-order valence-electron chi connectivity index (χ0n) is 12.3. The van der Waals surface area contributed by atoms with Crippen LogP contribution in [0.2, 0.25) is 0 Å².